The molecule has 2 aliphatic heterocycles. The molecule has 1 saturated carbocycles. The first-order valence-electron chi connectivity index (χ1n) is 3.64. The van der Waals surface area contributed by atoms with Gasteiger partial charge in [0.2, 0.25) is 0 Å². The summed E-state index contributed by atoms with van der Waals surface area (Å²) in [7, 11) is 1.46. The number of ether oxygens (including phenoxy) is 1. The third kappa shape index (κ3) is 0.611. The lowest BCUT2D eigenvalue weighted by atomic mass is 9.74. The molecule has 0 amide bonds. The van der Waals surface area contributed by atoms with E-state index in [-0.39, 0.29) is 11.9 Å². The van der Waals surface area contributed by atoms with Gasteiger partial charge >= 0.3 is 5.97 Å². The third-order valence-corrected chi connectivity index (χ3v) is 2.61. The molecule has 3 heteroatoms. The van der Waals surface area contributed by atoms with Gasteiger partial charge in [-0.1, -0.05) is 0 Å². The van der Waals surface area contributed by atoms with Crippen LogP contribution in [0.15, 0.2) is 0 Å². The van der Waals surface area contributed by atoms with E-state index in [4.69, 9.17) is 0 Å². The summed E-state index contributed by atoms with van der Waals surface area (Å²) in [6, 6.07) is 0.428. The Bertz CT molecular complexity index is 155. The van der Waals surface area contributed by atoms with Gasteiger partial charge < -0.3 is 10.1 Å². The summed E-state index contributed by atoms with van der Waals surface area (Å²) in [6.07, 6.45) is 1.17. The highest BCUT2D eigenvalue weighted by Crippen LogP contribution is 2.40. The van der Waals surface area contributed by atoms with Crippen LogP contribution >= 0.6 is 0 Å². The quantitative estimate of drug-likeness (QED) is 0.512. The number of nitrogens with one attached hydrogen (secondary N) is 1. The van der Waals surface area contributed by atoms with Crippen LogP contribution in [-0.2, 0) is 9.53 Å². The van der Waals surface area contributed by atoms with E-state index in [1.165, 1.54) is 13.5 Å². The average Bonchev–Trinajstić information content (AvgIpc) is 2.44. The van der Waals surface area contributed by atoms with Crippen LogP contribution in [0.2, 0.25) is 0 Å². The average molecular weight is 141 g/mol. The topological polar surface area (TPSA) is 38.3 Å². The fourth-order valence-corrected chi connectivity index (χ4v) is 1.97. The second kappa shape index (κ2) is 1.95. The summed E-state index contributed by atoms with van der Waals surface area (Å²) in [5, 5.41) is 3.26. The van der Waals surface area contributed by atoms with Crippen molar-refractivity contribution in [2.45, 2.75) is 12.5 Å². The zero-order valence-electron chi connectivity index (χ0n) is 5.96. The molecule has 0 unspecified atom stereocenters. The zero-order chi connectivity index (χ0) is 7.14. The van der Waals surface area contributed by atoms with E-state index in [2.05, 4.69) is 10.1 Å². The Morgan fingerprint density at radius 1 is 1.70 bits per heavy atom. The minimum atomic E-state index is -0.0359. The fourth-order valence-electron chi connectivity index (χ4n) is 1.97. The smallest absolute Gasteiger partial charge is 0.310 e. The fraction of sp³-hybridized carbons (Fsp3) is 0.857. The third-order valence-electron chi connectivity index (χ3n) is 2.61. The van der Waals surface area contributed by atoms with Gasteiger partial charge in [-0.2, -0.15) is 0 Å². The number of hydrogen-bond acceptors (Lipinski definition) is 3. The lowest BCUT2D eigenvalue weighted by molar-refractivity contribution is -0.150. The van der Waals surface area contributed by atoms with E-state index in [1.807, 2.05) is 0 Å². The summed E-state index contributed by atoms with van der Waals surface area (Å²) >= 11 is 0. The summed E-state index contributed by atoms with van der Waals surface area (Å²) in [6.45, 7) is 1.00. The van der Waals surface area contributed by atoms with Gasteiger partial charge in [-0.3, -0.25) is 4.79 Å². The highest BCUT2D eigenvalue weighted by Gasteiger charge is 2.51. The molecule has 0 radical (unpaired) electrons. The van der Waals surface area contributed by atoms with Crippen molar-refractivity contribution in [3.8, 4) is 0 Å². The highest BCUT2D eigenvalue weighted by atomic mass is 16.5. The molecule has 1 N–H and O–H groups in total. The lowest BCUT2D eigenvalue weighted by Gasteiger charge is -2.31. The van der Waals surface area contributed by atoms with Gasteiger partial charge in [-0.15, -0.1) is 0 Å². The van der Waals surface area contributed by atoms with E-state index < -0.39 is 0 Å². The molecular weight excluding hydrogens is 130 g/mol. The first kappa shape index (κ1) is 6.16. The Morgan fingerprint density at radius 3 is 2.90 bits per heavy atom. The van der Waals surface area contributed by atoms with Crippen LogP contribution < -0.4 is 5.32 Å². The Hall–Kier alpha value is -0.570. The second-order valence-corrected chi connectivity index (χ2v) is 3.06. The summed E-state index contributed by atoms with van der Waals surface area (Å²) in [5.41, 5.74) is 0. The molecule has 2 heterocycles. The van der Waals surface area contributed by atoms with Crippen LogP contribution in [0, 0.1) is 11.8 Å². The molecule has 0 aromatic heterocycles. The van der Waals surface area contributed by atoms with Crippen molar-refractivity contribution in [3.63, 3.8) is 0 Å². The molecule has 3 nitrogen and oxygen atoms in total. The van der Waals surface area contributed by atoms with Crippen molar-refractivity contribution >= 4 is 5.97 Å². The Balaban J connectivity index is 2.02. The van der Waals surface area contributed by atoms with Crippen molar-refractivity contribution in [1.82, 2.24) is 5.32 Å². The van der Waals surface area contributed by atoms with Gasteiger partial charge in [0.05, 0.1) is 13.0 Å². The Kier molecular flexibility index (Phi) is 1.20. The van der Waals surface area contributed by atoms with Crippen molar-refractivity contribution in [2.75, 3.05) is 13.7 Å². The summed E-state index contributed by atoms with van der Waals surface area (Å²) in [4.78, 5) is 11.0. The second-order valence-electron chi connectivity index (χ2n) is 3.06. The normalized spacial score (nSPS) is 42.7. The molecule has 56 valence electrons. The van der Waals surface area contributed by atoms with Crippen LogP contribution in [0.25, 0.3) is 0 Å². The first-order valence-corrected chi connectivity index (χ1v) is 3.64. The van der Waals surface area contributed by atoms with Gasteiger partial charge in [0.1, 0.15) is 0 Å². The number of esters is 1. The van der Waals surface area contributed by atoms with Gasteiger partial charge in [0.15, 0.2) is 0 Å². The number of carbonyl (C=O) groups is 1. The first-order chi connectivity index (χ1) is 4.83. The van der Waals surface area contributed by atoms with Gasteiger partial charge in [-0.05, 0) is 18.9 Å². The Labute approximate surface area is 59.7 Å². The predicted octanol–water partition coefficient (Wildman–Crippen LogP) is -0.233. The molecule has 2 bridgehead atoms. The SMILES string of the molecule is COC(=O)[C@@H]1[C@H]2CN[C@H]1C2. The Morgan fingerprint density at radius 2 is 2.50 bits per heavy atom. The van der Waals surface area contributed by atoms with Gasteiger partial charge in [0.25, 0.3) is 0 Å². The monoisotopic (exact) mass is 141 g/mol. The highest BCUT2D eigenvalue weighted by molar-refractivity contribution is 5.75. The number of rotatable bonds is 1. The molecular formula is C7H11NO2. The van der Waals surface area contributed by atoms with Crippen molar-refractivity contribution < 1.29 is 9.53 Å². The van der Waals surface area contributed by atoms with E-state index in [9.17, 15) is 4.79 Å². The van der Waals surface area contributed by atoms with Crippen molar-refractivity contribution in [3.05, 3.63) is 0 Å². The number of fused-ring (bicyclic) bond motifs is 1. The molecule has 0 aromatic carbocycles. The predicted molar refractivity (Wildman–Crippen MR) is 35.4 cm³/mol. The van der Waals surface area contributed by atoms with E-state index >= 15 is 0 Å². The van der Waals surface area contributed by atoms with E-state index in [1.54, 1.807) is 0 Å². The molecule has 0 aromatic rings. The van der Waals surface area contributed by atoms with Crippen molar-refractivity contribution in [1.29, 1.82) is 0 Å². The minimum Gasteiger partial charge on any atom is -0.469 e. The molecule has 3 atom stereocenters. The van der Waals surface area contributed by atoms with Crippen LogP contribution in [0.3, 0.4) is 0 Å². The maximum atomic E-state index is 11.0. The van der Waals surface area contributed by atoms with Crippen LogP contribution in [-0.4, -0.2) is 25.7 Å². The molecule has 0 spiro atoms. The van der Waals surface area contributed by atoms with Gasteiger partial charge in [0, 0.05) is 6.04 Å². The molecule has 2 saturated heterocycles. The maximum absolute atomic E-state index is 11.0. The number of carbonyl (C=O) groups excluding carboxylic acids is 1. The summed E-state index contributed by atoms with van der Waals surface area (Å²) in [5.74, 6) is 0.702. The molecule has 3 rings (SSSR count). The zero-order valence-corrected chi connectivity index (χ0v) is 5.96. The van der Waals surface area contributed by atoms with Crippen molar-refractivity contribution in [2.24, 2.45) is 11.8 Å². The standard InChI is InChI=1S/C7H11NO2/c1-10-7(9)6-4-2-5(6)8-3-4/h4-6,8H,2-3H2,1H3/t4-,5+,6-/m1/s1. The van der Waals surface area contributed by atoms with Crippen LogP contribution in [0.5, 0.6) is 0 Å². The van der Waals surface area contributed by atoms with Crippen LogP contribution in [0.4, 0.5) is 0 Å². The van der Waals surface area contributed by atoms with E-state index in [0.717, 1.165) is 6.54 Å². The molecule has 10 heavy (non-hydrogen) atoms. The largest absolute Gasteiger partial charge is 0.469 e. The van der Waals surface area contributed by atoms with Crippen LogP contribution in [0.1, 0.15) is 6.42 Å². The molecule has 3 fully saturated rings. The number of methoxy groups -OCH3 is 1. The van der Waals surface area contributed by atoms with Gasteiger partial charge in [-0.25, -0.2) is 0 Å². The number of hydrogen-bond donors (Lipinski definition) is 1. The molecule has 1 aliphatic carbocycles. The van der Waals surface area contributed by atoms with E-state index in [0.29, 0.717) is 12.0 Å². The lowest BCUT2D eigenvalue weighted by Crippen LogP contribution is -2.42. The minimum absolute atomic E-state index is 0.0359. The molecule has 3 aliphatic rings. The summed E-state index contributed by atoms with van der Waals surface area (Å²) < 4.78 is 4.66. The maximum Gasteiger partial charge on any atom is 0.310 e.